The van der Waals surface area contributed by atoms with Crippen molar-refractivity contribution >= 4 is 0 Å². The van der Waals surface area contributed by atoms with Crippen molar-refractivity contribution in [3.05, 3.63) is 35.9 Å². The first kappa shape index (κ1) is 15.2. The number of nitrogens with one attached hydrogen (secondary N) is 1. The summed E-state index contributed by atoms with van der Waals surface area (Å²) >= 11 is 0. The predicted molar refractivity (Wildman–Crippen MR) is 77.7 cm³/mol. The maximum absolute atomic E-state index is 9.42. The lowest BCUT2D eigenvalue weighted by molar-refractivity contribution is 0.211. The zero-order valence-corrected chi connectivity index (χ0v) is 11.9. The van der Waals surface area contributed by atoms with Crippen LogP contribution < -0.4 is 5.32 Å². The van der Waals surface area contributed by atoms with Gasteiger partial charge in [-0.1, -0.05) is 51.1 Å². The number of rotatable bonds is 8. The van der Waals surface area contributed by atoms with E-state index in [0.29, 0.717) is 12.0 Å². The van der Waals surface area contributed by atoms with E-state index >= 15 is 0 Å². The number of hydrogen-bond acceptors (Lipinski definition) is 2. The van der Waals surface area contributed by atoms with Gasteiger partial charge in [0.05, 0.1) is 6.61 Å². The molecular weight excluding hydrogens is 222 g/mol. The van der Waals surface area contributed by atoms with E-state index < -0.39 is 0 Å². The Balaban J connectivity index is 2.50. The summed E-state index contributed by atoms with van der Waals surface area (Å²) in [6.07, 6.45) is 3.15. The van der Waals surface area contributed by atoms with Crippen molar-refractivity contribution < 1.29 is 5.11 Å². The molecule has 2 unspecified atom stereocenters. The molecule has 0 fully saturated rings. The standard InChI is InChI=1S/C16H27NO/c1-4-15(11-14-8-6-5-7-9-14)17-16(12-18)10-13(2)3/h5-9,13,15-18H,4,10-12H2,1-3H3. The first-order chi connectivity index (χ1) is 8.65. The smallest absolute Gasteiger partial charge is 0.0584 e. The highest BCUT2D eigenvalue weighted by atomic mass is 16.3. The summed E-state index contributed by atoms with van der Waals surface area (Å²) in [5, 5.41) is 13.0. The second-order valence-corrected chi connectivity index (χ2v) is 5.47. The summed E-state index contributed by atoms with van der Waals surface area (Å²) in [6, 6.07) is 11.2. The maximum atomic E-state index is 9.42. The Morgan fingerprint density at radius 3 is 2.28 bits per heavy atom. The van der Waals surface area contributed by atoms with Crippen LogP contribution in [-0.2, 0) is 6.42 Å². The molecule has 0 bridgehead atoms. The third kappa shape index (κ3) is 5.65. The normalized spacial score (nSPS) is 14.7. The van der Waals surface area contributed by atoms with Gasteiger partial charge in [0.1, 0.15) is 0 Å². The van der Waals surface area contributed by atoms with Crippen LogP contribution in [0.5, 0.6) is 0 Å². The minimum Gasteiger partial charge on any atom is -0.395 e. The predicted octanol–water partition coefficient (Wildman–Crippen LogP) is 3.00. The zero-order chi connectivity index (χ0) is 13.4. The van der Waals surface area contributed by atoms with E-state index in [-0.39, 0.29) is 12.6 Å². The molecule has 1 aromatic rings. The van der Waals surface area contributed by atoms with Crippen molar-refractivity contribution in [3.8, 4) is 0 Å². The molecule has 18 heavy (non-hydrogen) atoms. The largest absolute Gasteiger partial charge is 0.395 e. The van der Waals surface area contributed by atoms with E-state index in [9.17, 15) is 5.11 Å². The molecule has 0 amide bonds. The van der Waals surface area contributed by atoms with Gasteiger partial charge in [-0.25, -0.2) is 0 Å². The van der Waals surface area contributed by atoms with Crippen molar-refractivity contribution in [1.29, 1.82) is 0 Å². The minimum absolute atomic E-state index is 0.221. The number of benzene rings is 1. The molecule has 2 nitrogen and oxygen atoms in total. The van der Waals surface area contributed by atoms with Gasteiger partial charge >= 0.3 is 0 Å². The summed E-state index contributed by atoms with van der Waals surface area (Å²) in [4.78, 5) is 0. The molecule has 2 atom stereocenters. The van der Waals surface area contributed by atoms with E-state index in [1.54, 1.807) is 0 Å². The van der Waals surface area contributed by atoms with Crippen molar-refractivity contribution in [2.75, 3.05) is 6.61 Å². The van der Waals surface area contributed by atoms with Crippen LogP contribution >= 0.6 is 0 Å². The minimum atomic E-state index is 0.221. The number of aliphatic hydroxyl groups excluding tert-OH is 1. The van der Waals surface area contributed by atoms with E-state index in [1.165, 1.54) is 5.56 Å². The van der Waals surface area contributed by atoms with E-state index in [0.717, 1.165) is 19.3 Å². The average molecular weight is 249 g/mol. The topological polar surface area (TPSA) is 32.3 Å². The highest BCUT2D eigenvalue weighted by Crippen LogP contribution is 2.10. The number of hydrogen-bond donors (Lipinski definition) is 2. The molecule has 0 saturated heterocycles. The van der Waals surface area contributed by atoms with Crippen molar-refractivity contribution in [2.24, 2.45) is 5.92 Å². The lowest BCUT2D eigenvalue weighted by Gasteiger charge is -2.25. The Labute approximate surface area is 111 Å². The Morgan fingerprint density at radius 2 is 1.78 bits per heavy atom. The number of aliphatic hydroxyl groups is 1. The summed E-state index contributed by atoms with van der Waals surface area (Å²) < 4.78 is 0. The molecule has 102 valence electrons. The van der Waals surface area contributed by atoms with Gasteiger partial charge in [0.2, 0.25) is 0 Å². The third-order valence-electron chi connectivity index (χ3n) is 3.27. The first-order valence-corrected chi connectivity index (χ1v) is 7.06. The summed E-state index contributed by atoms with van der Waals surface area (Å²) in [7, 11) is 0. The molecule has 2 N–H and O–H groups in total. The van der Waals surface area contributed by atoms with Crippen LogP contribution in [0.1, 0.15) is 39.2 Å². The van der Waals surface area contributed by atoms with Gasteiger partial charge in [-0.15, -0.1) is 0 Å². The van der Waals surface area contributed by atoms with Crippen LogP contribution in [0.25, 0.3) is 0 Å². The Morgan fingerprint density at radius 1 is 1.11 bits per heavy atom. The first-order valence-electron chi connectivity index (χ1n) is 7.06. The highest BCUT2D eigenvalue weighted by Gasteiger charge is 2.14. The Hall–Kier alpha value is -0.860. The van der Waals surface area contributed by atoms with Gasteiger partial charge in [0.15, 0.2) is 0 Å². The van der Waals surface area contributed by atoms with Crippen molar-refractivity contribution in [2.45, 2.75) is 52.1 Å². The summed E-state index contributed by atoms with van der Waals surface area (Å²) in [5.74, 6) is 0.615. The maximum Gasteiger partial charge on any atom is 0.0584 e. The fraction of sp³-hybridized carbons (Fsp3) is 0.625. The fourth-order valence-electron chi connectivity index (χ4n) is 2.32. The lowest BCUT2D eigenvalue weighted by Crippen LogP contribution is -2.42. The molecule has 2 heteroatoms. The second-order valence-electron chi connectivity index (χ2n) is 5.47. The molecule has 0 aliphatic heterocycles. The molecule has 1 rings (SSSR count). The molecule has 0 spiro atoms. The van der Waals surface area contributed by atoms with Crippen molar-refractivity contribution in [1.82, 2.24) is 5.32 Å². The van der Waals surface area contributed by atoms with Crippen LogP contribution in [0.3, 0.4) is 0 Å². The van der Waals surface area contributed by atoms with Gasteiger partial charge in [-0.3, -0.25) is 0 Å². The zero-order valence-electron chi connectivity index (χ0n) is 11.9. The van der Waals surface area contributed by atoms with Gasteiger partial charge in [-0.05, 0) is 30.7 Å². The molecule has 0 aromatic heterocycles. The van der Waals surface area contributed by atoms with Gasteiger partial charge in [0, 0.05) is 12.1 Å². The van der Waals surface area contributed by atoms with Crippen molar-refractivity contribution in [3.63, 3.8) is 0 Å². The second kappa shape index (κ2) is 8.28. The van der Waals surface area contributed by atoms with Crippen LogP contribution in [0, 0.1) is 5.92 Å². The quantitative estimate of drug-likeness (QED) is 0.742. The highest BCUT2D eigenvalue weighted by molar-refractivity contribution is 5.15. The fourth-order valence-corrected chi connectivity index (χ4v) is 2.32. The summed E-state index contributed by atoms with van der Waals surface area (Å²) in [6.45, 7) is 6.82. The van der Waals surface area contributed by atoms with E-state index in [2.05, 4.69) is 50.4 Å². The van der Waals surface area contributed by atoms with Gasteiger partial charge < -0.3 is 10.4 Å². The molecule has 0 saturated carbocycles. The van der Waals surface area contributed by atoms with Crippen LogP contribution in [0.2, 0.25) is 0 Å². The van der Waals surface area contributed by atoms with Crippen LogP contribution in [0.15, 0.2) is 30.3 Å². The van der Waals surface area contributed by atoms with E-state index in [1.807, 2.05) is 6.07 Å². The monoisotopic (exact) mass is 249 g/mol. The van der Waals surface area contributed by atoms with Crippen LogP contribution in [0.4, 0.5) is 0 Å². The molecule has 0 aliphatic rings. The molecule has 1 aromatic carbocycles. The Kier molecular flexibility index (Phi) is 6.99. The molecule has 0 radical (unpaired) electrons. The SMILES string of the molecule is CCC(Cc1ccccc1)NC(CO)CC(C)C. The third-order valence-corrected chi connectivity index (χ3v) is 3.27. The molecular formula is C16H27NO. The summed E-state index contributed by atoms with van der Waals surface area (Å²) in [5.41, 5.74) is 1.36. The molecule has 0 aliphatic carbocycles. The van der Waals surface area contributed by atoms with Gasteiger partial charge in [0.25, 0.3) is 0 Å². The van der Waals surface area contributed by atoms with E-state index in [4.69, 9.17) is 0 Å². The van der Waals surface area contributed by atoms with Crippen LogP contribution in [-0.4, -0.2) is 23.8 Å². The average Bonchev–Trinajstić information content (AvgIpc) is 2.37. The van der Waals surface area contributed by atoms with Gasteiger partial charge in [-0.2, -0.15) is 0 Å². The molecule has 0 heterocycles. The lowest BCUT2D eigenvalue weighted by atomic mass is 10.00. The Bertz CT molecular complexity index is 310.